The quantitative estimate of drug-likeness (QED) is 0.416. The van der Waals surface area contributed by atoms with Crippen LogP contribution in [0.2, 0.25) is 0 Å². The number of hydrogen-bond donors (Lipinski definition) is 4. The van der Waals surface area contributed by atoms with E-state index in [1.165, 1.54) is 17.7 Å². The smallest absolute Gasteiger partial charge is 0.242 e. The van der Waals surface area contributed by atoms with Crippen molar-refractivity contribution in [3.05, 3.63) is 52.3 Å². The summed E-state index contributed by atoms with van der Waals surface area (Å²) in [5, 5.41) is 13.3. The Morgan fingerprint density at radius 2 is 1.92 bits per heavy atom. The van der Waals surface area contributed by atoms with Crippen LogP contribution in [-0.2, 0) is 4.74 Å². The molecule has 11 heteroatoms. The predicted octanol–water partition coefficient (Wildman–Crippen LogP) is 4.42. The summed E-state index contributed by atoms with van der Waals surface area (Å²) in [6, 6.07) is 7.84. The van der Waals surface area contributed by atoms with E-state index >= 15 is 0 Å². The van der Waals surface area contributed by atoms with Crippen molar-refractivity contribution in [1.82, 2.24) is 20.5 Å². The third-order valence-corrected chi connectivity index (χ3v) is 10.9. The topological polar surface area (TPSA) is 105 Å². The van der Waals surface area contributed by atoms with Gasteiger partial charge in [-0.15, -0.1) is 5.10 Å². The van der Waals surface area contributed by atoms with Crippen molar-refractivity contribution in [2.24, 2.45) is 10.1 Å². The van der Waals surface area contributed by atoms with Crippen molar-refractivity contribution in [2.75, 3.05) is 27.2 Å². The molecular formula is C26H38N6O3S2. The largest absolute Gasteiger partial charge is 0.446 e. The Morgan fingerprint density at radius 3 is 2.59 bits per heavy atom. The minimum atomic E-state index is -2.82. The first-order chi connectivity index (χ1) is 17.6. The molecule has 3 atom stereocenters. The minimum Gasteiger partial charge on any atom is -0.446 e. The number of piperidine rings is 1. The van der Waals surface area contributed by atoms with Crippen LogP contribution in [0.3, 0.4) is 0 Å². The summed E-state index contributed by atoms with van der Waals surface area (Å²) >= 11 is 1.77. The Morgan fingerprint density at radius 1 is 1.16 bits per heavy atom. The van der Waals surface area contributed by atoms with Crippen molar-refractivity contribution in [1.29, 1.82) is 0 Å². The molecule has 0 amide bonds. The predicted molar refractivity (Wildman–Crippen MR) is 153 cm³/mol. The number of hydrazone groups is 1. The number of rotatable bonds is 6. The summed E-state index contributed by atoms with van der Waals surface area (Å²) in [5.74, 6) is 0.660. The van der Waals surface area contributed by atoms with Crippen LogP contribution >= 0.6 is 22.4 Å². The fraction of sp³-hybridized carbons (Fsp3) is 0.538. The van der Waals surface area contributed by atoms with Gasteiger partial charge >= 0.3 is 0 Å². The summed E-state index contributed by atoms with van der Waals surface area (Å²) in [6.07, 6.45) is 5.35. The Hall–Kier alpha value is -2.18. The van der Waals surface area contributed by atoms with Gasteiger partial charge in [0.1, 0.15) is 5.70 Å². The van der Waals surface area contributed by atoms with E-state index in [2.05, 4.69) is 28.7 Å². The molecule has 0 spiro atoms. The van der Waals surface area contributed by atoms with Crippen molar-refractivity contribution >= 4 is 34.0 Å². The molecule has 4 aliphatic rings. The van der Waals surface area contributed by atoms with Crippen LogP contribution < -0.4 is 10.6 Å². The van der Waals surface area contributed by atoms with Gasteiger partial charge in [-0.25, -0.2) is 4.99 Å². The summed E-state index contributed by atoms with van der Waals surface area (Å²) in [4.78, 5) is 9.07. The van der Waals surface area contributed by atoms with E-state index in [0.717, 1.165) is 35.6 Å². The van der Waals surface area contributed by atoms with Crippen LogP contribution in [0.4, 0.5) is 0 Å². The van der Waals surface area contributed by atoms with Gasteiger partial charge in [-0.05, 0) is 57.9 Å². The molecular weight excluding hydrogens is 508 g/mol. The fourth-order valence-electron chi connectivity index (χ4n) is 4.84. The second kappa shape index (κ2) is 10.5. The van der Waals surface area contributed by atoms with Gasteiger partial charge in [-0.1, -0.05) is 30.3 Å². The highest BCUT2D eigenvalue weighted by molar-refractivity contribution is 8.24. The lowest BCUT2D eigenvalue weighted by Crippen LogP contribution is -2.37. The second-order valence-corrected chi connectivity index (χ2v) is 14.0. The van der Waals surface area contributed by atoms with Crippen molar-refractivity contribution < 1.29 is 13.8 Å². The van der Waals surface area contributed by atoms with Crippen molar-refractivity contribution in [3.63, 3.8) is 0 Å². The first kappa shape index (κ1) is 26.4. The maximum absolute atomic E-state index is 10.5. The molecule has 1 saturated heterocycles. The molecule has 5 rings (SSSR count). The highest BCUT2D eigenvalue weighted by Crippen LogP contribution is 2.52. The molecule has 37 heavy (non-hydrogen) atoms. The second-order valence-electron chi connectivity index (χ2n) is 10.2. The molecule has 1 fully saturated rings. The zero-order chi connectivity index (χ0) is 26.3. The molecule has 1 aromatic carbocycles. The van der Waals surface area contributed by atoms with E-state index in [1.54, 1.807) is 23.9 Å². The van der Waals surface area contributed by atoms with Crippen LogP contribution in [-0.4, -0.2) is 80.7 Å². The number of nitrogens with one attached hydrogen (secondary N) is 2. The van der Waals surface area contributed by atoms with Gasteiger partial charge in [0.25, 0.3) is 0 Å². The monoisotopic (exact) mass is 546 g/mol. The molecule has 0 saturated carbocycles. The molecule has 0 bridgehead atoms. The number of benzene rings is 1. The Balaban J connectivity index is 1.31. The van der Waals surface area contributed by atoms with E-state index in [9.17, 15) is 9.11 Å². The summed E-state index contributed by atoms with van der Waals surface area (Å²) < 4.78 is 27.4. The van der Waals surface area contributed by atoms with Crippen molar-refractivity contribution in [2.45, 2.75) is 67.8 Å². The van der Waals surface area contributed by atoms with Crippen LogP contribution in [0.1, 0.15) is 45.6 Å². The van der Waals surface area contributed by atoms with Gasteiger partial charge in [-0.2, -0.15) is 10.6 Å². The molecule has 0 aliphatic carbocycles. The number of allylic oxidation sites excluding steroid dienone is 1. The van der Waals surface area contributed by atoms with Crippen LogP contribution in [0.15, 0.2) is 61.8 Å². The van der Waals surface area contributed by atoms with E-state index in [1.807, 2.05) is 45.1 Å². The summed E-state index contributed by atoms with van der Waals surface area (Å²) in [7, 11) is 1.15. The maximum Gasteiger partial charge on any atom is 0.242 e. The molecule has 1 aromatic rings. The van der Waals surface area contributed by atoms with Crippen molar-refractivity contribution in [3.8, 4) is 0 Å². The average molecular weight is 547 g/mol. The van der Waals surface area contributed by atoms with Crippen LogP contribution in [0, 0.1) is 0 Å². The first-order valence-corrected chi connectivity index (χ1v) is 15.3. The maximum atomic E-state index is 10.5. The highest BCUT2D eigenvalue weighted by atomic mass is 32.3. The van der Waals surface area contributed by atoms with Crippen LogP contribution in [0.25, 0.3) is 0 Å². The van der Waals surface area contributed by atoms with Gasteiger partial charge in [0.15, 0.2) is 5.37 Å². The van der Waals surface area contributed by atoms with E-state index in [-0.39, 0.29) is 10.6 Å². The van der Waals surface area contributed by atoms with Gasteiger partial charge in [-0.3, -0.25) is 14.1 Å². The number of ether oxygens (including phenoxy) is 1. The zero-order valence-electron chi connectivity index (χ0n) is 22.1. The number of likely N-dealkylation sites (N-methyl/N-ethyl adjacent to an activating group) is 2. The van der Waals surface area contributed by atoms with Gasteiger partial charge in [0.05, 0.1) is 17.2 Å². The Kier molecular flexibility index (Phi) is 7.52. The standard InChI is InChI=1S/C26H38N6O3S2/c1-16(2)37(33,34)19-11-9-18(10-12-19)21-15-31(4)17(3)23(29-21)26-32(5)30-24(35-26)25-28-14-22(36-25)20-8-6-7-13-27-20/h9-12,14,16,20,25-28,33-34H,6-8,13,15H2,1-5H3. The van der Waals surface area contributed by atoms with E-state index < -0.39 is 16.8 Å². The molecule has 4 aliphatic heterocycles. The van der Waals surface area contributed by atoms with Crippen LogP contribution in [0.5, 0.6) is 0 Å². The molecule has 0 aromatic heterocycles. The molecule has 4 heterocycles. The average Bonchev–Trinajstić information content (AvgIpc) is 3.53. The minimum absolute atomic E-state index is 0.0508. The molecule has 202 valence electrons. The van der Waals surface area contributed by atoms with Gasteiger partial charge in [0, 0.05) is 42.2 Å². The zero-order valence-corrected chi connectivity index (χ0v) is 23.8. The lowest BCUT2D eigenvalue weighted by molar-refractivity contribution is 0.105. The molecule has 3 unspecified atom stereocenters. The first-order valence-electron chi connectivity index (χ1n) is 12.9. The molecule has 9 nitrogen and oxygen atoms in total. The summed E-state index contributed by atoms with van der Waals surface area (Å²) in [6.45, 7) is 7.42. The lowest BCUT2D eigenvalue weighted by atomic mass is 10.1. The lowest BCUT2D eigenvalue weighted by Gasteiger charge is -2.36. The number of hydrogen-bond acceptors (Lipinski definition) is 10. The SMILES string of the molecule is CC1=C(C2OC(C3NC=C(C4CCCCN4)S3)=NN2C)N=C(c2ccc(S(O)(O)C(C)C)cc2)CN1C. The normalized spacial score (nSPS) is 27.1. The number of thioether (sulfide) groups is 1. The Bertz CT molecular complexity index is 1140. The molecule has 0 radical (unpaired) electrons. The van der Waals surface area contributed by atoms with E-state index in [4.69, 9.17) is 14.8 Å². The highest BCUT2D eigenvalue weighted by Gasteiger charge is 2.38. The summed E-state index contributed by atoms with van der Waals surface area (Å²) in [5.41, 5.74) is 3.72. The van der Waals surface area contributed by atoms with E-state index in [0.29, 0.717) is 23.4 Å². The third-order valence-electron chi connectivity index (χ3n) is 7.35. The van der Waals surface area contributed by atoms with Gasteiger partial charge < -0.3 is 20.3 Å². The Labute approximate surface area is 225 Å². The number of nitrogens with zero attached hydrogens (tertiary/aromatic N) is 4. The fourth-order valence-corrected chi connectivity index (χ4v) is 7.03. The molecule has 4 N–H and O–H groups in total. The number of aliphatic imine (C=N–C) groups is 1. The van der Waals surface area contributed by atoms with Gasteiger partial charge in [0.2, 0.25) is 12.1 Å². The third kappa shape index (κ3) is 5.24.